The second-order valence-electron chi connectivity index (χ2n) is 5.35. The van der Waals surface area contributed by atoms with Crippen LogP contribution in [-0.2, 0) is 9.47 Å². The Balaban J connectivity index is 1.68. The van der Waals surface area contributed by atoms with E-state index in [1.807, 2.05) is 0 Å². The van der Waals surface area contributed by atoms with Gasteiger partial charge in [-0.05, 0) is 12.1 Å². The van der Waals surface area contributed by atoms with E-state index < -0.39 is 0 Å². The number of benzene rings is 1. The number of amides is 2. The third kappa shape index (κ3) is 1.44. The molecular weight excluding hydrogens is 260 g/mol. The van der Waals surface area contributed by atoms with Crippen LogP contribution in [0.1, 0.15) is 20.7 Å². The molecular formula is C14H14N2O4. The number of carbonyl (C=O) groups is 2. The van der Waals surface area contributed by atoms with Crippen molar-refractivity contribution >= 4 is 11.8 Å². The third-order valence-electron chi connectivity index (χ3n) is 4.22. The molecule has 20 heavy (non-hydrogen) atoms. The van der Waals surface area contributed by atoms with Gasteiger partial charge in [-0.15, -0.1) is 0 Å². The Hall–Kier alpha value is -1.76. The summed E-state index contributed by atoms with van der Waals surface area (Å²) in [5.74, 6) is -0.548. The number of fused-ring (bicyclic) bond motifs is 2. The van der Waals surface area contributed by atoms with Gasteiger partial charge in [0.1, 0.15) is 12.2 Å². The molecule has 3 aliphatic heterocycles. The van der Waals surface area contributed by atoms with Crippen molar-refractivity contribution < 1.29 is 19.1 Å². The van der Waals surface area contributed by atoms with E-state index in [2.05, 4.69) is 0 Å². The van der Waals surface area contributed by atoms with Crippen molar-refractivity contribution in [1.82, 2.24) is 4.90 Å². The van der Waals surface area contributed by atoms with Gasteiger partial charge < -0.3 is 15.2 Å². The zero-order chi connectivity index (χ0) is 13.9. The minimum Gasteiger partial charge on any atom is -0.371 e. The number of nitrogens with zero attached hydrogens (tertiary/aromatic N) is 1. The molecule has 6 nitrogen and oxygen atoms in total. The summed E-state index contributed by atoms with van der Waals surface area (Å²) in [7, 11) is 0. The highest BCUT2D eigenvalue weighted by molar-refractivity contribution is 6.21. The molecule has 4 unspecified atom stereocenters. The third-order valence-corrected chi connectivity index (χ3v) is 4.22. The minimum absolute atomic E-state index is 0.194. The Morgan fingerprint density at radius 3 is 2.25 bits per heavy atom. The molecule has 3 heterocycles. The van der Waals surface area contributed by atoms with E-state index in [0.29, 0.717) is 17.7 Å². The van der Waals surface area contributed by atoms with Crippen molar-refractivity contribution in [3.63, 3.8) is 0 Å². The van der Waals surface area contributed by atoms with Crippen LogP contribution in [-0.4, -0.2) is 54.2 Å². The average Bonchev–Trinajstić information content (AvgIpc) is 3.09. The summed E-state index contributed by atoms with van der Waals surface area (Å²) < 4.78 is 11.2. The standard InChI is InChI=1S/C14H14N2O4/c15-9-5-19-12-10(6-20-11(9)12)16-13(17)7-3-1-2-4-8(7)14(16)18/h1-4,9-12H,5-6,15H2. The lowest BCUT2D eigenvalue weighted by atomic mass is 10.1. The molecule has 0 radical (unpaired) electrons. The van der Waals surface area contributed by atoms with E-state index in [0.717, 1.165) is 0 Å². The molecule has 3 aliphatic rings. The molecule has 4 rings (SSSR count). The molecule has 6 heteroatoms. The summed E-state index contributed by atoms with van der Waals surface area (Å²) in [6, 6.07) is 6.27. The van der Waals surface area contributed by atoms with Crippen LogP contribution in [0.5, 0.6) is 0 Å². The molecule has 0 saturated carbocycles. The number of carbonyl (C=O) groups excluding carboxylic acids is 2. The predicted octanol–water partition coefficient (Wildman–Crippen LogP) is -0.224. The van der Waals surface area contributed by atoms with Gasteiger partial charge in [0.05, 0.1) is 36.4 Å². The molecule has 1 aromatic rings. The first-order chi connectivity index (χ1) is 9.68. The monoisotopic (exact) mass is 274 g/mol. The van der Waals surface area contributed by atoms with Crippen molar-refractivity contribution in [3.05, 3.63) is 35.4 Å². The maximum absolute atomic E-state index is 12.4. The lowest BCUT2D eigenvalue weighted by Crippen LogP contribution is -2.48. The second kappa shape index (κ2) is 4.12. The lowest BCUT2D eigenvalue weighted by molar-refractivity contribution is 0.0315. The van der Waals surface area contributed by atoms with Gasteiger partial charge in [-0.1, -0.05) is 12.1 Å². The van der Waals surface area contributed by atoms with Crippen LogP contribution in [0, 0.1) is 0 Å². The first-order valence-corrected chi connectivity index (χ1v) is 6.64. The lowest BCUT2D eigenvalue weighted by Gasteiger charge is -2.24. The molecule has 0 bridgehead atoms. The quantitative estimate of drug-likeness (QED) is 0.716. The highest BCUT2D eigenvalue weighted by Crippen LogP contribution is 2.33. The SMILES string of the molecule is NC1COC2C1OCC2N1C(=O)c2ccccc2C1=O. The van der Waals surface area contributed by atoms with Crippen LogP contribution >= 0.6 is 0 Å². The van der Waals surface area contributed by atoms with Gasteiger partial charge in [-0.25, -0.2) is 0 Å². The minimum atomic E-state index is -0.388. The van der Waals surface area contributed by atoms with Crippen molar-refractivity contribution in [2.75, 3.05) is 13.2 Å². The Kier molecular flexibility index (Phi) is 2.47. The van der Waals surface area contributed by atoms with Gasteiger partial charge in [0.25, 0.3) is 11.8 Å². The normalized spacial score (nSPS) is 35.5. The number of imide groups is 1. The largest absolute Gasteiger partial charge is 0.371 e. The van der Waals surface area contributed by atoms with Crippen LogP contribution in [0.15, 0.2) is 24.3 Å². The van der Waals surface area contributed by atoms with E-state index in [1.54, 1.807) is 24.3 Å². The molecule has 2 saturated heterocycles. The second-order valence-corrected chi connectivity index (χ2v) is 5.35. The zero-order valence-corrected chi connectivity index (χ0v) is 10.7. The topological polar surface area (TPSA) is 81.9 Å². The maximum atomic E-state index is 12.4. The van der Waals surface area contributed by atoms with Crippen molar-refractivity contribution in [2.45, 2.75) is 24.3 Å². The van der Waals surface area contributed by atoms with Crippen molar-refractivity contribution in [2.24, 2.45) is 5.73 Å². The number of nitrogens with two attached hydrogens (primary N) is 1. The van der Waals surface area contributed by atoms with Gasteiger partial charge in [0, 0.05) is 0 Å². The summed E-state index contributed by atoms with van der Waals surface area (Å²) in [6.07, 6.45) is -0.545. The molecule has 2 N–H and O–H groups in total. The van der Waals surface area contributed by atoms with Crippen LogP contribution in [0.3, 0.4) is 0 Å². The Morgan fingerprint density at radius 2 is 1.60 bits per heavy atom. The number of rotatable bonds is 1. The van der Waals surface area contributed by atoms with Gasteiger partial charge in [-0.2, -0.15) is 0 Å². The maximum Gasteiger partial charge on any atom is 0.261 e. The fraction of sp³-hybridized carbons (Fsp3) is 0.429. The predicted molar refractivity (Wildman–Crippen MR) is 68.2 cm³/mol. The van der Waals surface area contributed by atoms with Crippen LogP contribution in [0.4, 0.5) is 0 Å². The van der Waals surface area contributed by atoms with Crippen molar-refractivity contribution in [1.29, 1.82) is 0 Å². The van der Waals surface area contributed by atoms with E-state index in [1.165, 1.54) is 4.90 Å². The molecule has 2 fully saturated rings. The van der Waals surface area contributed by atoms with Gasteiger partial charge in [0.2, 0.25) is 0 Å². The van der Waals surface area contributed by atoms with Crippen LogP contribution < -0.4 is 5.73 Å². The molecule has 0 spiro atoms. The Morgan fingerprint density at radius 1 is 1.00 bits per heavy atom. The first kappa shape index (κ1) is 12.0. The average molecular weight is 274 g/mol. The van der Waals surface area contributed by atoms with E-state index in [-0.39, 0.29) is 42.7 Å². The highest BCUT2D eigenvalue weighted by Gasteiger charge is 2.53. The number of hydrogen-bond acceptors (Lipinski definition) is 5. The van der Waals surface area contributed by atoms with E-state index in [4.69, 9.17) is 15.2 Å². The molecule has 2 amide bonds. The molecule has 1 aromatic carbocycles. The fourth-order valence-electron chi connectivity index (χ4n) is 3.24. The number of ether oxygens (including phenoxy) is 2. The van der Waals surface area contributed by atoms with Crippen LogP contribution in [0.2, 0.25) is 0 Å². The van der Waals surface area contributed by atoms with Gasteiger partial charge in [0.15, 0.2) is 0 Å². The Bertz CT molecular complexity index is 568. The fourth-order valence-corrected chi connectivity index (χ4v) is 3.24. The smallest absolute Gasteiger partial charge is 0.261 e. The molecule has 0 aliphatic carbocycles. The summed E-state index contributed by atoms with van der Waals surface area (Å²) in [4.78, 5) is 26.1. The summed E-state index contributed by atoms with van der Waals surface area (Å²) in [6.45, 7) is 0.684. The van der Waals surface area contributed by atoms with Gasteiger partial charge in [-0.3, -0.25) is 14.5 Å². The zero-order valence-electron chi connectivity index (χ0n) is 10.7. The Labute approximate surface area is 115 Å². The van der Waals surface area contributed by atoms with Crippen molar-refractivity contribution in [3.8, 4) is 0 Å². The number of hydrogen-bond donors (Lipinski definition) is 1. The van der Waals surface area contributed by atoms with Crippen LogP contribution in [0.25, 0.3) is 0 Å². The molecule has 4 atom stereocenters. The van der Waals surface area contributed by atoms with Gasteiger partial charge >= 0.3 is 0 Å². The molecule has 0 aromatic heterocycles. The summed E-state index contributed by atoms with van der Waals surface area (Å²) in [5.41, 5.74) is 6.79. The first-order valence-electron chi connectivity index (χ1n) is 6.64. The summed E-state index contributed by atoms with van der Waals surface area (Å²) >= 11 is 0. The van der Waals surface area contributed by atoms with E-state index >= 15 is 0 Å². The summed E-state index contributed by atoms with van der Waals surface area (Å²) in [5, 5.41) is 0. The highest BCUT2D eigenvalue weighted by atomic mass is 16.6. The van der Waals surface area contributed by atoms with E-state index in [9.17, 15) is 9.59 Å². The molecule has 104 valence electrons.